The predicted octanol–water partition coefficient (Wildman–Crippen LogP) is -2.08. The van der Waals surface area contributed by atoms with E-state index in [2.05, 4.69) is 20.1 Å². The van der Waals surface area contributed by atoms with Crippen LogP contribution in [-0.2, 0) is 28.7 Å². The van der Waals surface area contributed by atoms with Gasteiger partial charge in [-0.15, -0.1) is 0 Å². The van der Waals surface area contributed by atoms with Crippen molar-refractivity contribution in [2.75, 3.05) is 48.1 Å². The zero-order chi connectivity index (χ0) is 19.7. The Hall–Kier alpha value is -2.04. The molecular formula is C15H29N3O7. The summed E-state index contributed by atoms with van der Waals surface area (Å²) in [6.45, 7) is -0.213. The van der Waals surface area contributed by atoms with Gasteiger partial charge in [0.25, 0.3) is 0 Å². The van der Waals surface area contributed by atoms with Gasteiger partial charge in [-0.2, -0.15) is 0 Å². The second kappa shape index (κ2) is 16.8. The summed E-state index contributed by atoms with van der Waals surface area (Å²) in [5.41, 5.74) is 0. The van der Waals surface area contributed by atoms with Crippen LogP contribution in [0.5, 0.6) is 0 Å². The molecule has 146 valence electrons. The fourth-order valence-electron chi connectivity index (χ4n) is 1.97. The monoisotopic (exact) mass is 363 g/mol. The average molecular weight is 363 g/mol. The number of nitrogens with one attached hydrogen (secondary N) is 2. The molecule has 1 aliphatic heterocycles. The summed E-state index contributed by atoms with van der Waals surface area (Å²) in [7, 11) is 6.50. The normalized spacial score (nSPS) is 16.4. The van der Waals surface area contributed by atoms with Crippen LogP contribution in [0.15, 0.2) is 0 Å². The Bertz CT molecular complexity index is 391. The zero-order valence-corrected chi connectivity index (χ0v) is 15.2. The fraction of sp³-hybridized carbons (Fsp3) is 0.733. The van der Waals surface area contributed by atoms with Gasteiger partial charge in [0.15, 0.2) is 0 Å². The largest absolute Gasteiger partial charge is 0.394 e. The van der Waals surface area contributed by atoms with Crippen molar-refractivity contribution < 1.29 is 33.8 Å². The highest BCUT2D eigenvalue weighted by atomic mass is 16.5. The number of hydrogen-bond acceptors (Lipinski definition) is 7. The molecule has 0 aromatic rings. The van der Waals surface area contributed by atoms with Gasteiger partial charge in [-0.25, -0.2) is 0 Å². The summed E-state index contributed by atoms with van der Waals surface area (Å²) in [5, 5.41) is 13.4. The van der Waals surface area contributed by atoms with E-state index in [1.807, 2.05) is 0 Å². The Labute approximate surface area is 147 Å². The van der Waals surface area contributed by atoms with E-state index < -0.39 is 24.6 Å². The molecule has 0 spiro atoms. The van der Waals surface area contributed by atoms with Crippen LogP contribution in [0.2, 0.25) is 0 Å². The number of aliphatic hydroxyl groups is 1. The van der Waals surface area contributed by atoms with Gasteiger partial charge in [0.2, 0.25) is 18.2 Å². The van der Waals surface area contributed by atoms with Gasteiger partial charge in [0, 0.05) is 35.0 Å². The van der Waals surface area contributed by atoms with Crippen LogP contribution in [0, 0.1) is 0 Å². The highest BCUT2D eigenvalue weighted by Gasteiger charge is 2.34. The molecule has 1 rings (SSSR count). The highest BCUT2D eigenvalue weighted by molar-refractivity contribution is 5.90. The standard InChI is InChI=1S/C11H17N3O5.2C2H6O/c15-5-8(6-16)13-11(19)9-2-1-3-14(9)10(18)4-12-7-17;2*1-3-2/h5,7-9,16H,1-4,6H2,(H,12,17)(H,13,19);2*1-2H3. The number of methoxy groups -OCH3 is 2. The number of amides is 3. The molecule has 0 aliphatic carbocycles. The molecule has 0 aromatic carbocycles. The molecule has 0 bridgehead atoms. The lowest BCUT2D eigenvalue weighted by Gasteiger charge is -2.24. The molecule has 10 heteroatoms. The lowest BCUT2D eigenvalue weighted by molar-refractivity contribution is -0.138. The lowest BCUT2D eigenvalue weighted by Crippen LogP contribution is -2.51. The number of hydrogen-bond donors (Lipinski definition) is 3. The number of carbonyl (C=O) groups excluding carboxylic acids is 4. The first kappa shape index (κ1) is 25.2. The van der Waals surface area contributed by atoms with E-state index in [-0.39, 0.29) is 12.5 Å². The van der Waals surface area contributed by atoms with Crippen molar-refractivity contribution in [3.8, 4) is 0 Å². The molecule has 0 saturated carbocycles. The molecule has 10 nitrogen and oxygen atoms in total. The van der Waals surface area contributed by atoms with E-state index in [0.717, 1.165) is 0 Å². The van der Waals surface area contributed by atoms with Crippen molar-refractivity contribution in [1.29, 1.82) is 0 Å². The molecule has 1 saturated heterocycles. The average Bonchev–Trinajstić information content (AvgIpc) is 3.08. The Morgan fingerprint density at radius 1 is 1.24 bits per heavy atom. The van der Waals surface area contributed by atoms with Crippen molar-refractivity contribution >= 4 is 24.5 Å². The van der Waals surface area contributed by atoms with Gasteiger partial charge < -0.3 is 34.9 Å². The van der Waals surface area contributed by atoms with Crippen molar-refractivity contribution in [2.24, 2.45) is 0 Å². The molecule has 0 aromatic heterocycles. The van der Waals surface area contributed by atoms with Crippen LogP contribution in [-0.4, -0.2) is 94.7 Å². The molecule has 3 N–H and O–H groups in total. The Morgan fingerprint density at radius 2 is 1.80 bits per heavy atom. The van der Waals surface area contributed by atoms with Crippen molar-refractivity contribution in [3.05, 3.63) is 0 Å². The molecular weight excluding hydrogens is 334 g/mol. The summed E-state index contributed by atoms with van der Waals surface area (Å²) in [5.74, 6) is -0.820. The van der Waals surface area contributed by atoms with Gasteiger partial charge in [-0.3, -0.25) is 14.4 Å². The van der Waals surface area contributed by atoms with Crippen molar-refractivity contribution in [2.45, 2.75) is 24.9 Å². The zero-order valence-electron chi connectivity index (χ0n) is 15.2. The van der Waals surface area contributed by atoms with E-state index in [0.29, 0.717) is 32.1 Å². The first-order chi connectivity index (χ1) is 12.0. The van der Waals surface area contributed by atoms with Gasteiger partial charge >= 0.3 is 0 Å². The molecule has 1 heterocycles. The van der Waals surface area contributed by atoms with Crippen LogP contribution in [0.4, 0.5) is 0 Å². The number of aliphatic hydroxyl groups excluding tert-OH is 1. The summed E-state index contributed by atoms with van der Waals surface area (Å²) in [6.07, 6.45) is 2.02. The van der Waals surface area contributed by atoms with E-state index in [4.69, 9.17) is 5.11 Å². The van der Waals surface area contributed by atoms with Gasteiger partial charge in [0.05, 0.1) is 13.2 Å². The minimum atomic E-state index is -0.960. The van der Waals surface area contributed by atoms with Crippen LogP contribution < -0.4 is 10.6 Å². The Morgan fingerprint density at radius 3 is 2.24 bits per heavy atom. The number of aldehydes is 1. The molecule has 1 fully saturated rings. The van der Waals surface area contributed by atoms with Gasteiger partial charge in [0.1, 0.15) is 18.4 Å². The summed E-state index contributed by atoms with van der Waals surface area (Å²) in [4.78, 5) is 45.7. The maximum Gasteiger partial charge on any atom is 0.243 e. The van der Waals surface area contributed by atoms with Gasteiger partial charge in [-0.05, 0) is 12.8 Å². The second-order valence-corrected chi connectivity index (χ2v) is 4.99. The maximum absolute atomic E-state index is 11.9. The molecule has 0 radical (unpaired) electrons. The quantitative estimate of drug-likeness (QED) is 0.442. The third-order valence-electron chi connectivity index (χ3n) is 2.90. The smallest absolute Gasteiger partial charge is 0.243 e. The topological polar surface area (TPSA) is 134 Å². The fourth-order valence-corrected chi connectivity index (χ4v) is 1.97. The molecule has 25 heavy (non-hydrogen) atoms. The predicted molar refractivity (Wildman–Crippen MR) is 89.7 cm³/mol. The van der Waals surface area contributed by atoms with Crippen molar-refractivity contribution in [3.63, 3.8) is 0 Å². The third-order valence-corrected chi connectivity index (χ3v) is 2.90. The van der Waals surface area contributed by atoms with E-state index in [1.54, 1.807) is 28.4 Å². The first-order valence-electron chi connectivity index (χ1n) is 7.60. The SMILES string of the molecule is COC.COC.O=CNCC(=O)N1CCCC1C(=O)NC(C=O)CO. The Balaban J connectivity index is 0. The van der Waals surface area contributed by atoms with E-state index in [9.17, 15) is 19.2 Å². The molecule has 1 aliphatic rings. The molecule has 2 atom stereocenters. The summed E-state index contributed by atoms with van der Waals surface area (Å²) >= 11 is 0. The van der Waals surface area contributed by atoms with Crippen LogP contribution >= 0.6 is 0 Å². The van der Waals surface area contributed by atoms with E-state index in [1.165, 1.54) is 4.90 Å². The first-order valence-corrected chi connectivity index (χ1v) is 7.60. The number of nitrogens with zero attached hydrogens (tertiary/aromatic N) is 1. The molecule has 2 unspecified atom stereocenters. The van der Waals surface area contributed by atoms with Crippen LogP contribution in [0.25, 0.3) is 0 Å². The number of rotatable bonds is 7. The number of ether oxygens (including phenoxy) is 2. The minimum absolute atomic E-state index is 0.162. The van der Waals surface area contributed by atoms with Crippen LogP contribution in [0.1, 0.15) is 12.8 Å². The summed E-state index contributed by atoms with van der Waals surface area (Å²) < 4.78 is 8.50. The Kier molecular flexibility index (Phi) is 16.9. The maximum atomic E-state index is 11.9. The lowest BCUT2D eigenvalue weighted by atomic mass is 10.2. The van der Waals surface area contributed by atoms with Crippen molar-refractivity contribution in [1.82, 2.24) is 15.5 Å². The number of likely N-dealkylation sites (tertiary alicyclic amines) is 1. The third kappa shape index (κ3) is 11.2. The van der Waals surface area contributed by atoms with E-state index >= 15 is 0 Å². The number of carbonyl (C=O) groups is 4. The van der Waals surface area contributed by atoms with Crippen LogP contribution in [0.3, 0.4) is 0 Å². The van der Waals surface area contributed by atoms with Gasteiger partial charge in [-0.1, -0.05) is 0 Å². The summed E-state index contributed by atoms with van der Waals surface area (Å²) in [6, 6.07) is -1.62. The molecule has 3 amide bonds. The highest BCUT2D eigenvalue weighted by Crippen LogP contribution is 2.17. The second-order valence-electron chi connectivity index (χ2n) is 4.99. The minimum Gasteiger partial charge on any atom is -0.394 e.